The van der Waals surface area contributed by atoms with Gasteiger partial charge in [0.15, 0.2) is 0 Å². The van der Waals surface area contributed by atoms with Gasteiger partial charge in [-0.15, -0.1) is 0 Å². The highest BCUT2D eigenvalue weighted by molar-refractivity contribution is 5.60. The fraction of sp³-hybridized carbons (Fsp3) is 0.533. The van der Waals surface area contributed by atoms with Gasteiger partial charge in [-0.1, -0.05) is 13.0 Å². The first-order valence-electron chi connectivity index (χ1n) is 6.91. The predicted molar refractivity (Wildman–Crippen MR) is 76.2 cm³/mol. The van der Waals surface area contributed by atoms with Gasteiger partial charge in [-0.3, -0.25) is 0 Å². The van der Waals surface area contributed by atoms with Crippen molar-refractivity contribution in [3.05, 3.63) is 29.3 Å². The molecule has 1 aromatic carbocycles. The van der Waals surface area contributed by atoms with E-state index < -0.39 is 0 Å². The van der Waals surface area contributed by atoms with Crippen LogP contribution in [0.5, 0.6) is 0 Å². The summed E-state index contributed by atoms with van der Waals surface area (Å²) in [4.78, 5) is 2.23. The molecule has 0 aliphatic carbocycles. The second kappa shape index (κ2) is 7.13. The predicted octanol–water partition coefficient (Wildman–Crippen LogP) is 1.89. The lowest BCUT2D eigenvalue weighted by atomic mass is 10.1. The lowest BCUT2D eigenvalue weighted by Gasteiger charge is -2.29. The normalized spacial score (nSPS) is 15.3. The van der Waals surface area contributed by atoms with Gasteiger partial charge in [0.05, 0.1) is 24.5 Å². The number of morpholine rings is 1. The zero-order valence-corrected chi connectivity index (χ0v) is 11.5. The fourth-order valence-electron chi connectivity index (χ4n) is 2.27. The molecule has 1 aliphatic rings. The highest BCUT2D eigenvalue weighted by atomic mass is 16.5. The topological polar surface area (TPSA) is 48.3 Å². The highest BCUT2D eigenvalue weighted by Crippen LogP contribution is 2.22. The number of hydrogen-bond acceptors (Lipinski definition) is 4. The van der Waals surface area contributed by atoms with Crippen LogP contribution in [0.2, 0.25) is 0 Å². The van der Waals surface area contributed by atoms with Gasteiger partial charge in [0.2, 0.25) is 0 Å². The van der Waals surface area contributed by atoms with Crippen LogP contribution in [0.25, 0.3) is 0 Å². The molecule has 2 rings (SSSR count). The standard InChI is InChI=1S/C15H21N3O/c1-2-5-17-12-13-3-4-15(14(10-13)11-16)18-6-8-19-9-7-18/h3-4,10,17H,2,5-9,12H2,1H3. The van der Waals surface area contributed by atoms with E-state index in [0.717, 1.165) is 57.1 Å². The Balaban J connectivity index is 2.09. The van der Waals surface area contributed by atoms with E-state index in [9.17, 15) is 5.26 Å². The third-order valence-electron chi connectivity index (χ3n) is 3.29. The van der Waals surface area contributed by atoms with E-state index in [4.69, 9.17) is 4.74 Å². The lowest BCUT2D eigenvalue weighted by molar-refractivity contribution is 0.122. The summed E-state index contributed by atoms with van der Waals surface area (Å²) in [6.07, 6.45) is 1.12. The Hall–Kier alpha value is -1.57. The molecule has 0 unspecified atom stereocenters. The van der Waals surface area contributed by atoms with E-state index in [2.05, 4.69) is 35.3 Å². The van der Waals surface area contributed by atoms with Crippen molar-refractivity contribution >= 4 is 5.69 Å². The van der Waals surface area contributed by atoms with Crippen molar-refractivity contribution in [2.24, 2.45) is 0 Å². The smallest absolute Gasteiger partial charge is 0.101 e. The Kier molecular flexibility index (Phi) is 5.20. The zero-order valence-electron chi connectivity index (χ0n) is 11.5. The average molecular weight is 259 g/mol. The maximum Gasteiger partial charge on any atom is 0.101 e. The molecule has 102 valence electrons. The van der Waals surface area contributed by atoms with Gasteiger partial charge in [0.1, 0.15) is 6.07 Å². The molecule has 0 atom stereocenters. The van der Waals surface area contributed by atoms with Gasteiger partial charge in [0, 0.05) is 19.6 Å². The molecular weight excluding hydrogens is 238 g/mol. The third kappa shape index (κ3) is 3.69. The van der Waals surface area contributed by atoms with Crippen LogP contribution in [-0.2, 0) is 11.3 Å². The minimum absolute atomic E-state index is 0.741. The largest absolute Gasteiger partial charge is 0.378 e. The summed E-state index contributed by atoms with van der Waals surface area (Å²) in [5.41, 5.74) is 2.96. The number of rotatable bonds is 5. The summed E-state index contributed by atoms with van der Waals surface area (Å²) in [7, 11) is 0. The molecule has 1 N–H and O–H groups in total. The molecule has 1 aromatic rings. The summed E-state index contributed by atoms with van der Waals surface area (Å²) < 4.78 is 5.35. The summed E-state index contributed by atoms with van der Waals surface area (Å²) in [6.45, 7) is 7.19. The lowest BCUT2D eigenvalue weighted by Crippen LogP contribution is -2.36. The summed E-state index contributed by atoms with van der Waals surface area (Å²) >= 11 is 0. The molecule has 0 bridgehead atoms. The second-order valence-electron chi connectivity index (χ2n) is 4.74. The number of nitrogens with one attached hydrogen (secondary N) is 1. The Morgan fingerprint density at radius 3 is 2.84 bits per heavy atom. The van der Waals surface area contributed by atoms with Gasteiger partial charge in [-0.2, -0.15) is 5.26 Å². The minimum atomic E-state index is 0.741. The average Bonchev–Trinajstić information content (AvgIpc) is 2.48. The number of ether oxygens (including phenoxy) is 1. The molecule has 1 heterocycles. The number of nitriles is 1. The SMILES string of the molecule is CCCNCc1ccc(N2CCOCC2)c(C#N)c1. The van der Waals surface area contributed by atoms with E-state index in [1.807, 2.05) is 6.07 Å². The molecule has 1 fully saturated rings. The Labute approximate surface area is 115 Å². The van der Waals surface area contributed by atoms with Gasteiger partial charge in [-0.05, 0) is 30.7 Å². The quantitative estimate of drug-likeness (QED) is 0.820. The van der Waals surface area contributed by atoms with Crippen molar-refractivity contribution in [1.82, 2.24) is 5.32 Å². The van der Waals surface area contributed by atoms with E-state index in [-0.39, 0.29) is 0 Å². The van der Waals surface area contributed by atoms with Crippen molar-refractivity contribution in [1.29, 1.82) is 5.26 Å². The molecule has 0 saturated carbocycles. The molecule has 19 heavy (non-hydrogen) atoms. The Morgan fingerprint density at radius 2 is 2.16 bits per heavy atom. The number of benzene rings is 1. The van der Waals surface area contributed by atoms with Crippen molar-refractivity contribution in [2.75, 3.05) is 37.7 Å². The van der Waals surface area contributed by atoms with Gasteiger partial charge in [0.25, 0.3) is 0 Å². The third-order valence-corrected chi connectivity index (χ3v) is 3.29. The molecule has 4 heteroatoms. The summed E-state index contributed by atoms with van der Waals surface area (Å²) in [6, 6.07) is 8.47. The van der Waals surface area contributed by atoms with Crippen LogP contribution in [0.15, 0.2) is 18.2 Å². The molecule has 0 spiro atoms. The van der Waals surface area contributed by atoms with Crippen molar-refractivity contribution in [2.45, 2.75) is 19.9 Å². The van der Waals surface area contributed by atoms with E-state index in [0.29, 0.717) is 0 Å². The zero-order chi connectivity index (χ0) is 13.5. The number of anilines is 1. The highest BCUT2D eigenvalue weighted by Gasteiger charge is 2.14. The minimum Gasteiger partial charge on any atom is -0.378 e. The maximum absolute atomic E-state index is 9.32. The number of nitrogens with zero attached hydrogens (tertiary/aromatic N) is 2. The monoisotopic (exact) mass is 259 g/mol. The molecule has 1 aliphatic heterocycles. The van der Waals surface area contributed by atoms with Gasteiger partial charge < -0.3 is 15.0 Å². The van der Waals surface area contributed by atoms with Crippen LogP contribution in [-0.4, -0.2) is 32.8 Å². The molecule has 0 radical (unpaired) electrons. The molecule has 0 amide bonds. The second-order valence-corrected chi connectivity index (χ2v) is 4.74. The van der Waals surface area contributed by atoms with Crippen LogP contribution in [0, 0.1) is 11.3 Å². The summed E-state index contributed by atoms with van der Waals surface area (Å²) in [5.74, 6) is 0. The van der Waals surface area contributed by atoms with Crippen molar-refractivity contribution in [3.63, 3.8) is 0 Å². The maximum atomic E-state index is 9.32. The van der Waals surface area contributed by atoms with Gasteiger partial charge in [-0.25, -0.2) is 0 Å². The van der Waals surface area contributed by atoms with Crippen LogP contribution >= 0.6 is 0 Å². The van der Waals surface area contributed by atoms with Crippen LogP contribution < -0.4 is 10.2 Å². The van der Waals surface area contributed by atoms with E-state index in [1.54, 1.807) is 0 Å². The van der Waals surface area contributed by atoms with Crippen molar-refractivity contribution < 1.29 is 4.74 Å². The first-order valence-corrected chi connectivity index (χ1v) is 6.91. The first kappa shape index (κ1) is 13.9. The number of hydrogen-bond donors (Lipinski definition) is 1. The van der Waals surface area contributed by atoms with Crippen LogP contribution in [0.1, 0.15) is 24.5 Å². The van der Waals surface area contributed by atoms with Gasteiger partial charge >= 0.3 is 0 Å². The fourth-order valence-corrected chi connectivity index (χ4v) is 2.27. The van der Waals surface area contributed by atoms with E-state index in [1.165, 1.54) is 5.56 Å². The Morgan fingerprint density at radius 1 is 1.37 bits per heavy atom. The van der Waals surface area contributed by atoms with Crippen LogP contribution in [0.4, 0.5) is 5.69 Å². The van der Waals surface area contributed by atoms with Crippen LogP contribution in [0.3, 0.4) is 0 Å². The first-order chi connectivity index (χ1) is 9.35. The van der Waals surface area contributed by atoms with Crippen molar-refractivity contribution in [3.8, 4) is 6.07 Å². The Bertz CT molecular complexity index is 447. The van der Waals surface area contributed by atoms with E-state index >= 15 is 0 Å². The molecule has 0 aromatic heterocycles. The summed E-state index contributed by atoms with van der Waals surface area (Å²) in [5, 5.41) is 12.7. The molecular formula is C15H21N3O. The molecule has 4 nitrogen and oxygen atoms in total. The molecule has 1 saturated heterocycles.